The van der Waals surface area contributed by atoms with Crippen LogP contribution < -0.4 is 15.5 Å². The summed E-state index contributed by atoms with van der Waals surface area (Å²) in [5, 5.41) is 6.47. The van der Waals surface area contributed by atoms with Gasteiger partial charge >= 0.3 is 0 Å². The Kier molecular flexibility index (Phi) is 5.66. The van der Waals surface area contributed by atoms with Gasteiger partial charge in [-0.3, -0.25) is 4.79 Å². The summed E-state index contributed by atoms with van der Waals surface area (Å²) >= 11 is 0. The first-order valence-electron chi connectivity index (χ1n) is 11.3. The second-order valence-electron chi connectivity index (χ2n) is 9.19. The monoisotopic (exact) mass is 459 g/mol. The van der Waals surface area contributed by atoms with Gasteiger partial charge in [0.2, 0.25) is 5.95 Å². The topological polar surface area (TPSA) is 95.5 Å². The van der Waals surface area contributed by atoms with Crippen LogP contribution in [-0.2, 0) is 23.2 Å². The number of amides is 1. The van der Waals surface area contributed by atoms with Crippen molar-refractivity contribution in [2.24, 2.45) is 0 Å². The van der Waals surface area contributed by atoms with Crippen LogP contribution in [0.3, 0.4) is 0 Å². The van der Waals surface area contributed by atoms with Crippen molar-refractivity contribution in [3.63, 3.8) is 0 Å². The number of methoxy groups -OCH3 is 1. The minimum atomic E-state index is -0.262. The Morgan fingerprint density at radius 1 is 1.21 bits per heavy atom. The molecule has 0 radical (unpaired) electrons. The Balaban J connectivity index is 1.49. The standard InChI is InChI=1S/C25H29N7O2/c1-25(15-34-4)14-32(21-7-5-6-18(28-21)11-26-2)22-20(25)12-27-24(30-22)29-17-8-9-19-16(10-17)13-31(3)23(19)33/h5-10,12,26H,11,13-15H2,1-4H3,(H,27,29,30)/t25-/m0/s1. The molecule has 9 heteroatoms. The van der Waals surface area contributed by atoms with Crippen molar-refractivity contribution in [2.75, 3.05) is 44.6 Å². The number of rotatable bonds is 7. The minimum absolute atomic E-state index is 0.0522. The molecule has 9 nitrogen and oxygen atoms in total. The smallest absolute Gasteiger partial charge is 0.254 e. The summed E-state index contributed by atoms with van der Waals surface area (Å²) in [4.78, 5) is 30.4. The van der Waals surface area contributed by atoms with Crippen LogP contribution in [0.1, 0.15) is 34.1 Å². The highest BCUT2D eigenvalue weighted by molar-refractivity contribution is 5.98. The van der Waals surface area contributed by atoms with E-state index in [1.54, 1.807) is 12.0 Å². The Morgan fingerprint density at radius 3 is 2.85 bits per heavy atom. The van der Waals surface area contributed by atoms with Crippen molar-refractivity contribution < 1.29 is 9.53 Å². The first kappa shape index (κ1) is 22.2. The fourth-order valence-electron chi connectivity index (χ4n) is 4.77. The van der Waals surface area contributed by atoms with Crippen molar-refractivity contribution in [3.8, 4) is 0 Å². The molecule has 1 aromatic carbocycles. The van der Waals surface area contributed by atoms with Gasteiger partial charge in [0.1, 0.15) is 11.6 Å². The zero-order chi connectivity index (χ0) is 23.9. The summed E-state index contributed by atoms with van der Waals surface area (Å²) < 4.78 is 5.56. The van der Waals surface area contributed by atoms with Gasteiger partial charge in [-0.1, -0.05) is 13.0 Å². The number of fused-ring (bicyclic) bond motifs is 2. The second kappa shape index (κ2) is 8.66. The second-order valence-corrected chi connectivity index (χ2v) is 9.19. The van der Waals surface area contributed by atoms with Crippen molar-refractivity contribution in [1.29, 1.82) is 0 Å². The van der Waals surface area contributed by atoms with Gasteiger partial charge in [-0.25, -0.2) is 9.97 Å². The van der Waals surface area contributed by atoms with Gasteiger partial charge in [-0.15, -0.1) is 0 Å². The molecule has 0 fully saturated rings. The minimum Gasteiger partial charge on any atom is -0.384 e. The van der Waals surface area contributed by atoms with E-state index in [0.717, 1.165) is 39.7 Å². The summed E-state index contributed by atoms with van der Waals surface area (Å²) in [6, 6.07) is 11.8. The fourth-order valence-corrected chi connectivity index (χ4v) is 4.77. The Labute approximate surface area is 199 Å². The zero-order valence-electron chi connectivity index (χ0n) is 19.9. The highest BCUT2D eigenvalue weighted by Crippen LogP contribution is 2.43. The molecule has 0 spiro atoms. The van der Waals surface area contributed by atoms with E-state index in [9.17, 15) is 4.79 Å². The molecule has 2 aromatic heterocycles. The first-order chi connectivity index (χ1) is 16.4. The number of carbonyl (C=O) groups is 1. The molecule has 0 saturated carbocycles. The molecular formula is C25H29N7O2. The molecule has 1 atom stereocenters. The molecular weight excluding hydrogens is 430 g/mol. The molecule has 1 amide bonds. The van der Waals surface area contributed by atoms with Crippen molar-refractivity contribution in [1.82, 2.24) is 25.2 Å². The van der Waals surface area contributed by atoms with Gasteiger partial charge in [-0.05, 0) is 42.9 Å². The third-order valence-electron chi connectivity index (χ3n) is 6.42. The molecule has 176 valence electrons. The number of nitrogens with zero attached hydrogens (tertiary/aromatic N) is 5. The number of aromatic nitrogens is 3. The number of ether oxygens (including phenoxy) is 1. The van der Waals surface area contributed by atoms with E-state index < -0.39 is 0 Å². The summed E-state index contributed by atoms with van der Waals surface area (Å²) in [7, 11) is 5.43. The summed E-state index contributed by atoms with van der Waals surface area (Å²) in [6.07, 6.45) is 1.88. The Hall–Kier alpha value is -3.56. The molecule has 3 aromatic rings. The third kappa shape index (κ3) is 3.86. The molecule has 2 aliphatic rings. The average Bonchev–Trinajstić information content (AvgIpc) is 3.27. The highest BCUT2D eigenvalue weighted by Gasteiger charge is 2.42. The van der Waals surface area contributed by atoms with E-state index in [1.165, 1.54) is 0 Å². The molecule has 2 N–H and O–H groups in total. The predicted octanol–water partition coefficient (Wildman–Crippen LogP) is 2.98. The molecule has 4 heterocycles. The number of anilines is 4. The molecule has 5 rings (SSSR count). The highest BCUT2D eigenvalue weighted by atomic mass is 16.5. The number of benzene rings is 1. The Bertz CT molecular complexity index is 1250. The van der Waals surface area contributed by atoms with Gasteiger partial charge in [-0.2, -0.15) is 4.98 Å². The maximum Gasteiger partial charge on any atom is 0.254 e. The van der Waals surface area contributed by atoms with Crippen LogP contribution in [0.25, 0.3) is 0 Å². The van der Waals surface area contributed by atoms with Crippen LogP contribution >= 0.6 is 0 Å². The summed E-state index contributed by atoms with van der Waals surface area (Å²) in [5.74, 6) is 2.21. The largest absolute Gasteiger partial charge is 0.384 e. The van der Waals surface area contributed by atoms with Gasteiger partial charge in [0.05, 0.1) is 12.3 Å². The first-order valence-corrected chi connectivity index (χ1v) is 11.3. The lowest BCUT2D eigenvalue weighted by Crippen LogP contribution is -2.33. The van der Waals surface area contributed by atoms with Crippen molar-refractivity contribution in [2.45, 2.75) is 25.4 Å². The molecule has 0 unspecified atom stereocenters. The van der Waals surface area contributed by atoms with Crippen molar-refractivity contribution >= 4 is 29.2 Å². The van der Waals surface area contributed by atoms with E-state index in [1.807, 2.05) is 56.7 Å². The van der Waals surface area contributed by atoms with Crippen LogP contribution in [0.5, 0.6) is 0 Å². The number of carbonyl (C=O) groups excluding carboxylic acids is 1. The van der Waals surface area contributed by atoms with Gasteiger partial charge in [0.25, 0.3) is 5.91 Å². The van der Waals surface area contributed by atoms with E-state index in [2.05, 4.69) is 27.4 Å². The lowest BCUT2D eigenvalue weighted by atomic mass is 9.87. The van der Waals surface area contributed by atoms with Crippen LogP contribution in [0.2, 0.25) is 0 Å². The number of hydrogen-bond acceptors (Lipinski definition) is 8. The number of pyridine rings is 1. The van der Waals surface area contributed by atoms with Crippen LogP contribution in [0.15, 0.2) is 42.6 Å². The molecule has 2 aliphatic heterocycles. The maximum absolute atomic E-state index is 12.2. The van der Waals surface area contributed by atoms with Gasteiger partial charge in [0.15, 0.2) is 0 Å². The molecule has 0 bridgehead atoms. The average molecular weight is 460 g/mol. The third-order valence-corrected chi connectivity index (χ3v) is 6.42. The van der Waals surface area contributed by atoms with E-state index in [-0.39, 0.29) is 11.3 Å². The van der Waals surface area contributed by atoms with E-state index in [0.29, 0.717) is 32.2 Å². The Morgan fingerprint density at radius 2 is 2.06 bits per heavy atom. The molecule has 0 aliphatic carbocycles. The maximum atomic E-state index is 12.2. The predicted molar refractivity (Wildman–Crippen MR) is 131 cm³/mol. The van der Waals surface area contributed by atoms with Gasteiger partial charge in [0, 0.05) is 62.2 Å². The van der Waals surface area contributed by atoms with Crippen LogP contribution in [0, 0.1) is 0 Å². The van der Waals surface area contributed by atoms with Crippen LogP contribution in [-0.4, -0.2) is 60.1 Å². The fraction of sp³-hybridized carbons (Fsp3) is 0.360. The van der Waals surface area contributed by atoms with E-state index >= 15 is 0 Å². The van der Waals surface area contributed by atoms with Gasteiger partial charge < -0.3 is 25.2 Å². The summed E-state index contributed by atoms with van der Waals surface area (Å²) in [6.45, 7) is 4.70. The normalized spacial score (nSPS) is 18.9. The zero-order valence-corrected chi connectivity index (χ0v) is 19.9. The number of hydrogen-bond donors (Lipinski definition) is 2. The molecule has 0 saturated heterocycles. The SMILES string of the molecule is CNCc1cccc(N2C[C@@](C)(COC)c3cnc(Nc4ccc5c(c4)CN(C)C5=O)nc32)n1. The van der Waals surface area contributed by atoms with Crippen LogP contribution in [0.4, 0.5) is 23.3 Å². The molecule has 34 heavy (non-hydrogen) atoms. The number of nitrogens with one attached hydrogen (secondary N) is 2. The van der Waals surface area contributed by atoms with Crippen molar-refractivity contribution in [3.05, 3.63) is 65.0 Å². The van der Waals surface area contributed by atoms with E-state index in [4.69, 9.17) is 14.7 Å². The summed E-state index contributed by atoms with van der Waals surface area (Å²) in [5.41, 5.74) is 4.33. The lowest BCUT2D eigenvalue weighted by Gasteiger charge is -2.24. The quantitative estimate of drug-likeness (QED) is 0.557. The lowest BCUT2D eigenvalue weighted by molar-refractivity contribution is 0.0816.